The molecule has 0 saturated carbocycles. The van der Waals surface area contributed by atoms with Crippen molar-refractivity contribution in [2.24, 2.45) is 0 Å². The molecule has 0 atom stereocenters. The number of hydrogen-bond donors (Lipinski definition) is 0. The molecule has 759 valence electrons. The third-order valence-corrected chi connectivity index (χ3v) is 39.1. The average Bonchev–Trinajstić information content (AvgIpc) is 0.822. The van der Waals surface area contributed by atoms with Crippen LogP contribution in [0.25, 0.3) is 0 Å². The smallest absolute Gasteiger partial charge is 0.418 e. The Morgan fingerprint density at radius 1 is 0.126 bits per heavy atom. The summed E-state index contributed by atoms with van der Waals surface area (Å²) in [6.45, 7) is 26.6. The van der Waals surface area contributed by atoms with E-state index in [2.05, 4.69) is 556 Å². The first kappa shape index (κ1) is 128. The summed E-state index contributed by atoms with van der Waals surface area (Å²) in [6, 6.07) is 170. The largest absolute Gasteiger partial charge is 1.00 e. The van der Waals surface area contributed by atoms with Crippen LogP contribution in [-0.4, -0.2) is 14.5 Å². The summed E-state index contributed by atoms with van der Waals surface area (Å²) < 4.78 is 78.0. The van der Waals surface area contributed by atoms with E-state index >= 15 is 0 Å². The third-order valence-electron chi connectivity index (χ3n) is 22.4. The molecule has 0 N–H and O–H groups in total. The van der Waals surface area contributed by atoms with Crippen molar-refractivity contribution in [3.05, 3.63) is 547 Å². The molecule has 0 aliphatic heterocycles. The molecule has 0 fully saturated rings. The van der Waals surface area contributed by atoms with Crippen LogP contribution in [-0.2, 0) is 134 Å². The van der Waals surface area contributed by atoms with Crippen LogP contribution in [0.3, 0.4) is 0 Å². The average molecular weight is 3110 g/mol. The SMILES string of the molecule is Cc1ccccc1P(c1ccccc1)c1ccccc1C.Cc1ccccc1P(c1ccccc1)c1ccccc1C.Cc1ccccc1P(c1ccccc1)c1ccccc1C.Cc1ccccc1P(c1ccccc1)c1ccccc1C.Cc1ccccc1P(c1ccccc1)c1ccccc1C.Cc1ccccc1P(c1ccccc1)c1ccccc1C.F[B-](F)(F)F.F[B-](F)(F)F.[Au+].[Au+].[Au+].[Au].[Au].[Au].[CH3-]. The van der Waals surface area contributed by atoms with Crippen molar-refractivity contribution in [1.82, 2.24) is 0 Å². The minimum Gasteiger partial charge on any atom is -0.418 e. The summed E-state index contributed by atoms with van der Waals surface area (Å²) in [5.41, 5.74) is 16.5. The second-order valence-electron chi connectivity index (χ2n) is 32.5. The zero-order valence-corrected chi connectivity index (χ0v) is 100. The van der Waals surface area contributed by atoms with E-state index in [1.165, 1.54) is 162 Å². The van der Waals surface area contributed by atoms with Gasteiger partial charge >= 0.3 is 81.6 Å². The zero-order chi connectivity index (χ0) is 96.9. The molecule has 0 saturated heterocycles. The van der Waals surface area contributed by atoms with E-state index in [1.54, 1.807) is 0 Å². The van der Waals surface area contributed by atoms with Crippen LogP contribution in [0.2, 0.25) is 0 Å². The Morgan fingerprint density at radius 3 is 0.259 bits per heavy atom. The Labute approximate surface area is 946 Å². The summed E-state index contributed by atoms with van der Waals surface area (Å²) in [5, 5.41) is 25.9. The Hall–Kier alpha value is -7.45. The van der Waals surface area contributed by atoms with E-state index in [0.717, 1.165) is 0 Å². The van der Waals surface area contributed by atoms with Gasteiger partial charge in [-0.2, -0.15) is 0 Å². The van der Waals surface area contributed by atoms with E-state index in [0.29, 0.717) is 0 Å². The molecule has 0 aliphatic rings. The summed E-state index contributed by atoms with van der Waals surface area (Å²) in [6.07, 6.45) is 0. The molecule has 0 spiro atoms. The Morgan fingerprint density at radius 2 is 0.189 bits per heavy atom. The van der Waals surface area contributed by atoms with E-state index in [4.69, 9.17) is 0 Å². The zero-order valence-electron chi connectivity index (χ0n) is 81.7. The van der Waals surface area contributed by atoms with Gasteiger partial charge in [-0.1, -0.05) is 473 Å². The molecule has 18 aromatic carbocycles. The molecular weight excluding hydrogens is 2990 g/mol. The maximum atomic E-state index is 9.75. The second-order valence-corrected chi connectivity index (χ2v) is 45.4. The van der Waals surface area contributed by atoms with E-state index in [9.17, 15) is 34.5 Å². The maximum absolute atomic E-state index is 9.75. The van der Waals surface area contributed by atoms with E-state index < -0.39 is 62.0 Å². The van der Waals surface area contributed by atoms with Crippen LogP contribution in [0.4, 0.5) is 34.5 Å². The first-order chi connectivity index (χ1) is 65.6. The van der Waals surface area contributed by atoms with Gasteiger partial charge in [0.1, 0.15) is 0 Å². The normalized spacial score (nSPS) is 10.4. The van der Waals surface area contributed by atoms with Crippen LogP contribution in [0.15, 0.2) is 473 Å². The second kappa shape index (κ2) is 66.1. The summed E-state index contributed by atoms with van der Waals surface area (Å²) in [4.78, 5) is 0. The van der Waals surface area contributed by atoms with Gasteiger partial charge in [0.25, 0.3) is 0 Å². The van der Waals surface area contributed by atoms with Gasteiger partial charge in [0.15, 0.2) is 0 Å². The molecule has 3 radical (unpaired) electrons. The summed E-state index contributed by atoms with van der Waals surface area (Å²) in [5.74, 6) is 0. The number of rotatable bonds is 18. The molecule has 18 aromatic rings. The van der Waals surface area contributed by atoms with Crippen molar-refractivity contribution >= 4 is 158 Å². The Kier molecular flexibility index (Phi) is 59.1. The fourth-order valence-corrected chi connectivity index (χ4v) is 31.3. The molecule has 0 aromatic heterocycles. The van der Waals surface area contributed by atoms with E-state index in [1.807, 2.05) is 0 Å². The van der Waals surface area contributed by atoms with Crippen LogP contribution in [0, 0.1) is 90.5 Å². The van der Waals surface area contributed by atoms with Gasteiger partial charge in [0.05, 0.1) is 0 Å². The minimum absolute atomic E-state index is 0. The molecule has 0 amide bonds. The predicted molar refractivity (Wildman–Crippen MR) is 595 cm³/mol. The van der Waals surface area contributed by atoms with Gasteiger partial charge in [0, 0.05) is 67.1 Å². The first-order valence-corrected chi connectivity index (χ1v) is 53.2. The van der Waals surface area contributed by atoms with Gasteiger partial charge in [-0.3, -0.25) is 0 Å². The molecular formula is C121H117Au6B2F8P6. The minimum atomic E-state index is -6.00. The van der Waals surface area contributed by atoms with Gasteiger partial charge in [-0.25, -0.2) is 0 Å². The monoisotopic (exact) mass is 3110 g/mol. The fraction of sp³-hybridized carbons (Fsp3) is 0.0992. The standard InChI is InChI=1S/6C20H19P.CH3.6Au.2BF4/c6*1-16-10-6-8-14-19(16)21(18-12-4-3-5-13-18)20-15-9-7-11-17(20)2;;;;;;;;2*2-1(3,4)5/h6*3-15H,1-2H3;1H3;;;;;;;;/q;;;;;;-1;;;;3*+1;2*-1. The van der Waals surface area contributed by atoms with E-state index in [-0.39, 0.29) is 142 Å². The van der Waals surface area contributed by atoms with Crippen LogP contribution >= 0.6 is 47.5 Å². The quantitative estimate of drug-likeness (QED) is 0.0348. The van der Waals surface area contributed by atoms with Gasteiger partial charge in [-0.05, 0) is 293 Å². The fourth-order valence-electron chi connectivity index (χ4n) is 15.7. The molecule has 22 heteroatoms. The van der Waals surface area contributed by atoms with Crippen LogP contribution in [0.1, 0.15) is 66.8 Å². The first-order valence-electron chi connectivity index (χ1n) is 45.2. The van der Waals surface area contributed by atoms with Crippen LogP contribution < -0.4 is 95.5 Å². The molecule has 18 rings (SSSR count). The van der Waals surface area contributed by atoms with Crippen molar-refractivity contribution in [3.63, 3.8) is 0 Å². The molecule has 0 aliphatic carbocycles. The van der Waals surface area contributed by atoms with Gasteiger partial charge in [-0.15, -0.1) is 0 Å². The van der Waals surface area contributed by atoms with Gasteiger partial charge < -0.3 is 42.0 Å². The predicted octanol–water partition coefficient (Wildman–Crippen LogP) is 27.4. The number of benzene rings is 18. The van der Waals surface area contributed by atoms with Gasteiger partial charge in [0.2, 0.25) is 0 Å². The summed E-state index contributed by atoms with van der Waals surface area (Å²) in [7, 11) is -14.9. The summed E-state index contributed by atoms with van der Waals surface area (Å²) >= 11 is 0. The van der Waals surface area contributed by atoms with Crippen molar-refractivity contribution in [3.8, 4) is 0 Å². The van der Waals surface area contributed by atoms with Crippen molar-refractivity contribution in [1.29, 1.82) is 0 Å². The number of hydrogen-bond acceptors (Lipinski definition) is 0. The van der Waals surface area contributed by atoms with Crippen molar-refractivity contribution in [2.75, 3.05) is 0 Å². The third kappa shape index (κ3) is 39.5. The molecule has 0 unspecified atom stereocenters. The number of halogens is 8. The van der Waals surface area contributed by atoms with Crippen LogP contribution in [0.5, 0.6) is 0 Å². The van der Waals surface area contributed by atoms with Crippen molar-refractivity contribution in [2.45, 2.75) is 83.1 Å². The molecule has 0 bridgehead atoms. The van der Waals surface area contributed by atoms with Crippen molar-refractivity contribution < 1.29 is 169 Å². The topological polar surface area (TPSA) is 0 Å². The molecule has 0 heterocycles. The maximum Gasteiger partial charge on any atom is 1.00 e. The Bertz CT molecular complexity index is 5420. The number of aryl methyl sites for hydroxylation is 12. The Balaban J connectivity index is 0.000000347. The molecule has 0 nitrogen and oxygen atoms in total. The molecule has 143 heavy (non-hydrogen) atoms.